The van der Waals surface area contributed by atoms with E-state index >= 15 is 0 Å². The lowest BCUT2D eigenvalue weighted by Gasteiger charge is -2.36. The Morgan fingerprint density at radius 1 is 1.08 bits per heavy atom. The summed E-state index contributed by atoms with van der Waals surface area (Å²) >= 11 is 0. The number of amides is 1. The predicted molar refractivity (Wildman–Crippen MR) is 91.7 cm³/mol. The van der Waals surface area contributed by atoms with Crippen molar-refractivity contribution in [2.45, 2.75) is 6.61 Å². The molecule has 1 fully saturated rings. The Balaban J connectivity index is 1.65. The Labute approximate surface area is 141 Å². The van der Waals surface area contributed by atoms with E-state index in [1.165, 1.54) is 6.07 Å². The molecule has 0 aliphatic carbocycles. The van der Waals surface area contributed by atoms with Crippen LogP contribution < -0.4 is 4.90 Å². The minimum atomic E-state index is -0.218. The van der Waals surface area contributed by atoms with Gasteiger partial charge < -0.3 is 14.5 Å². The number of anilines is 1. The molecular formula is C19H21FN2O2. The van der Waals surface area contributed by atoms with Crippen LogP contribution in [0.3, 0.4) is 0 Å². The van der Waals surface area contributed by atoms with Crippen LogP contribution in [0, 0.1) is 5.82 Å². The van der Waals surface area contributed by atoms with Gasteiger partial charge in [0.2, 0.25) is 0 Å². The van der Waals surface area contributed by atoms with Crippen LogP contribution >= 0.6 is 0 Å². The van der Waals surface area contributed by atoms with E-state index in [-0.39, 0.29) is 11.7 Å². The maximum absolute atomic E-state index is 13.9. The fourth-order valence-corrected chi connectivity index (χ4v) is 3.00. The van der Waals surface area contributed by atoms with Gasteiger partial charge in [-0.25, -0.2) is 4.39 Å². The van der Waals surface area contributed by atoms with E-state index in [1.807, 2.05) is 40.1 Å². The Kier molecular flexibility index (Phi) is 5.11. The molecule has 0 unspecified atom stereocenters. The molecule has 0 aromatic heterocycles. The monoisotopic (exact) mass is 328 g/mol. The molecule has 3 rings (SSSR count). The first-order valence-electron chi connectivity index (χ1n) is 8.05. The van der Waals surface area contributed by atoms with Crippen LogP contribution in [-0.4, -0.2) is 44.1 Å². The molecule has 24 heavy (non-hydrogen) atoms. The molecule has 1 amide bonds. The van der Waals surface area contributed by atoms with Crippen molar-refractivity contribution in [2.75, 3.05) is 38.2 Å². The molecular weight excluding hydrogens is 307 g/mol. The SMILES string of the molecule is COCc1cccc(C(=O)N2CCN(c3ccccc3F)CC2)c1. The fourth-order valence-electron chi connectivity index (χ4n) is 3.00. The summed E-state index contributed by atoms with van der Waals surface area (Å²) in [6.45, 7) is 2.92. The summed E-state index contributed by atoms with van der Waals surface area (Å²) in [5, 5.41) is 0. The van der Waals surface area contributed by atoms with Gasteiger partial charge in [0, 0.05) is 38.9 Å². The van der Waals surface area contributed by atoms with Crippen LogP contribution in [0.1, 0.15) is 15.9 Å². The second-order valence-corrected chi connectivity index (χ2v) is 5.86. The number of benzene rings is 2. The van der Waals surface area contributed by atoms with Crippen LogP contribution in [-0.2, 0) is 11.3 Å². The van der Waals surface area contributed by atoms with Gasteiger partial charge >= 0.3 is 0 Å². The van der Waals surface area contributed by atoms with Crippen LogP contribution in [0.2, 0.25) is 0 Å². The van der Waals surface area contributed by atoms with Crippen molar-refractivity contribution >= 4 is 11.6 Å². The second-order valence-electron chi connectivity index (χ2n) is 5.86. The number of para-hydroxylation sites is 1. The maximum Gasteiger partial charge on any atom is 0.253 e. The molecule has 5 heteroatoms. The van der Waals surface area contributed by atoms with E-state index in [1.54, 1.807) is 19.2 Å². The van der Waals surface area contributed by atoms with E-state index in [2.05, 4.69) is 0 Å². The van der Waals surface area contributed by atoms with Crippen molar-refractivity contribution in [1.82, 2.24) is 4.90 Å². The zero-order valence-electron chi connectivity index (χ0n) is 13.7. The number of piperazine rings is 1. The van der Waals surface area contributed by atoms with E-state index in [9.17, 15) is 9.18 Å². The molecule has 0 bridgehead atoms. The van der Waals surface area contributed by atoms with Gasteiger partial charge in [0.05, 0.1) is 12.3 Å². The lowest BCUT2D eigenvalue weighted by molar-refractivity contribution is 0.0746. The van der Waals surface area contributed by atoms with Gasteiger partial charge in [-0.2, -0.15) is 0 Å². The van der Waals surface area contributed by atoms with Gasteiger partial charge in [0.25, 0.3) is 5.91 Å². The van der Waals surface area contributed by atoms with Crippen molar-refractivity contribution in [2.24, 2.45) is 0 Å². The standard InChI is InChI=1S/C19H21FN2O2/c1-24-14-15-5-4-6-16(13-15)19(23)22-11-9-21(10-12-22)18-8-3-2-7-17(18)20/h2-8,13H,9-12,14H2,1H3. The van der Waals surface area contributed by atoms with Crippen molar-refractivity contribution in [3.63, 3.8) is 0 Å². The van der Waals surface area contributed by atoms with E-state index in [4.69, 9.17) is 4.74 Å². The number of hydrogen-bond donors (Lipinski definition) is 0. The van der Waals surface area contributed by atoms with Crippen LogP contribution in [0.15, 0.2) is 48.5 Å². The smallest absolute Gasteiger partial charge is 0.253 e. The number of nitrogens with zero attached hydrogens (tertiary/aromatic N) is 2. The molecule has 1 aliphatic rings. The summed E-state index contributed by atoms with van der Waals surface area (Å²) < 4.78 is 19.0. The molecule has 1 saturated heterocycles. The van der Waals surface area contributed by atoms with Crippen LogP contribution in [0.5, 0.6) is 0 Å². The van der Waals surface area contributed by atoms with Crippen LogP contribution in [0.25, 0.3) is 0 Å². The number of halogens is 1. The Hall–Kier alpha value is -2.40. The van der Waals surface area contributed by atoms with Crippen molar-refractivity contribution < 1.29 is 13.9 Å². The summed E-state index contributed by atoms with van der Waals surface area (Å²) in [6, 6.07) is 14.3. The molecule has 0 radical (unpaired) electrons. The minimum absolute atomic E-state index is 0.0149. The van der Waals surface area contributed by atoms with Gasteiger partial charge in [-0.1, -0.05) is 24.3 Å². The quantitative estimate of drug-likeness (QED) is 0.865. The van der Waals surface area contributed by atoms with Gasteiger partial charge in [-0.3, -0.25) is 4.79 Å². The maximum atomic E-state index is 13.9. The summed E-state index contributed by atoms with van der Waals surface area (Å²) in [5.41, 5.74) is 2.25. The lowest BCUT2D eigenvalue weighted by atomic mass is 10.1. The van der Waals surface area contributed by atoms with E-state index in [0.717, 1.165) is 5.56 Å². The number of methoxy groups -OCH3 is 1. The molecule has 2 aromatic rings. The van der Waals surface area contributed by atoms with Gasteiger partial charge in [0.15, 0.2) is 0 Å². The van der Waals surface area contributed by atoms with E-state index in [0.29, 0.717) is 44.0 Å². The summed E-state index contributed by atoms with van der Waals surface area (Å²) in [5.74, 6) is -0.203. The van der Waals surface area contributed by atoms with Crippen LogP contribution in [0.4, 0.5) is 10.1 Å². The Bertz CT molecular complexity index is 712. The predicted octanol–water partition coefficient (Wildman–Crippen LogP) is 2.93. The molecule has 2 aromatic carbocycles. The molecule has 1 heterocycles. The van der Waals surface area contributed by atoms with Gasteiger partial charge in [-0.05, 0) is 29.8 Å². The zero-order chi connectivity index (χ0) is 16.9. The Morgan fingerprint density at radius 2 is 1.83 bits per heavy atom. The number of carbonyl (C=O) groups is 1. The number of carbonyl (C=O) groups excluding carboxylic acids is 1. The highest BCUT2D eigenvalue weighted by atomic mass is 19.1. The average molecular weight is 328 g/mol. The fraction of sp³-hybridized carbons (Fsp3) is 0.316. The van der Waals surface area contributed by atoms with E-state index < -0.39 is 0 Å². The zero-order valence-corrected chi connectivity index (χ0v) is 13.7. The lowest BCUT2D eigenvalue weighted by Crippen LogP contribution is -2.49. The first-order chi connectivity index (χ1) is 11.7. The van der Waals surface area contributed by atoms with Crippen molar-refractivity contribution in [1.29, 1.82) is 0 Å². The summed E-state index contributed by atoms with van der Waals surface area (Å²) in [4.78, 5) is 16.5. The largest absolute Gasteiger partial charge is 0.380 e. The van der Waals surface area contributed by atoms with Gasteiger partial charge in [0.1, 0.15) is 5.82 Å². The summed E-state index contributed by atoms with van der Waals surface area (Å²) in [7, 11) is 1.64. The minimum Gasteiger partial charge on any atom is -0.380 e. The van der Waals surface area contributed by atoms with Gasteiger partial charge in [-0.15, -0.1) is 0 Å². The third-order valence-electron chi connectivity index (χ3n) is 4.24. The number of rotatable bonds is 4. The molecule has 1 aliphatic heterocycles. The first kappa shape index (κ1) is 16.5. The molecule has 0 saturated carbocycles. The molecule has 0 atom stereocenters. The second kappa shape index (κ2) is 7.45. The average Bonchev–Trinajstić information content (AvgIpc) is 2.62. The highest BCUT2D eigenvalue weighted by Gasteiger charge is 2.23. The normalized spacial score (nSPS) is 14.8. The van der Waals surface area contributed by atoms with Crippen molar-refractivity contribution in [3.05, 3.63) is 65.5 Å². The number of hydrogen-bond acceptors (Lipinski definition) is 3. The molecule has 0 N–H and O–H groups in total. The molecule has 0 spiro atoms. The topological polar surface area (TPSA) is 32.8 Å². The first-order valence-corrected chi connectivity index (χ1v) is 8.05. The van der Waals surface area contributed by atoms with Crippen molar-refractivity contribution in [3.8, 4) is 0 Å². The molecule has 126 valence electrons. The third kappa shape index (κ3) is 3.57. The summed E-state index contributed by atoms with van der Waals surface area (Å²) in [6.07, 6.45) is 0. The third-order valence-corrected chi connectivity index (χ3v) is 4.24. The molecule has 4 nitrogen and oxygen atoms in total. The highest BCUT2D eigenvalue weighted by molar-refractivity contribution is 5.94. The Morgan fingerprint density at radius 3 is 2.54 bits per heavy atom. The highest BCUT2D eigenvalue weighted by Crippen LogP contribution is 2.21. The number of ether oxygens (including phenoxy) is 1.